The third-order valence-corrected chi connectivity index (χ3v) is 3.57. The predicted molar refractivity (Wildman–Crippen MR) is 88.0 cm³/mol. The number of nitrogens with two attached hydrogens (primary N) is 1. The Morgan fingerprint density at radius 2 is 1.80 bits per heavy atom. The Morgan fingerprint density at radius 3 is 2.30 bits per heavy atom. The maximum atomic E-state index is 6.36. The minimum Gasteiger partial charge on any atom is -0.384 e. The summed E-state index contributed by atoms with van der Waals surface area (Å²) in [6.07, 6.45) is 6.06. The summed E-state index contributed by atoms with van der Waals surface area (Å²) in [4.78, 5) is 4.87. The van der Waals surface area contributed by atoms with Crippen molar-refractivity contribution in [1.82, 2.24) is 9.55 Å². The van der Waals surface area contributed by atoms with E-state index in [2.05, 4.69) is 46.1 Å². The van der Waals surface area contributed by atoms with Gasteiger partial charge in [-0.25, -0.2) is 4.98 Å². The molecule has 0 aromatic carbocycles. The minimum atomic E-state index is 0.0463. The lowest BCUT2D eigenvalue weighted by Gasteiger charge is -2.21. The standard InChI is InChI=1S/C17H33N3/c1-7-8-9-10-11-14-15(18)20(12-13(2)3)16(19-14)17(4,5)6/h13H,7-12,18H2,1-6H3. The lowest BCUT2D eigenvalue weighted by atomic mass is 9.95. The number of hydrogen-bond donors (Lipinski definition) is 1. The van der Waals surface area contributed by atoms with Crippen molar-refractivity contribution in [3.63, 3.8) is 0 Å². The molecule has 3 heteroatoms. The average Bonchev–Trinajstić information content (AvgIpc) is 2.62. The van der Waals surface area contributed by atoms with Crippen LogP contribution in [0.2, 0.25) is 0 Å². The fraction of sp³-hybridized carbons (Fsp3) is 0.824. The van der Waals surface area contributed by atoms with E-state index in [-0.39, 0.29) is 5.41 Å². The highest BCUT2D eigenvalue weighted by Crippen LogP contribution is 2.28. The van der Waals surface area contributed by atoms with Crippen LogP contribution in [0.1, 0.15) is 78.7 Å². The molecule has 0 bridgehead atoms. The quantitative estimate of drug-likeness (QED) is 0.745. The van der Waals surface area contributed by atoms with Gasteiger partial charge < -0.3 is 10.3 Å². The summed E-state index contributed by atoms with van der Waals surface area (Å²) < 4.78 is 2.24. The molecule has 0 radical (unpaired) electrons. The topological polar surface area (TPSA) is 43.8 Å². The summed E-state index contributed by atoms with van der Waals surface area (Å²) >= 11 is 0. The van der Waals surface area contributed by atoms with Crippen molar-refractivity contribution in [3.8, 4) is 0 Å². The molecular formula is C17H33N3. The number of rotatable bonds is 7. The monoisotopic (exact) mass is 279 g/mol. The molecule has 0 saturated heterocycles. The van der Waals surface area contributed by atoms with Crippen LogP contribution in [-0.2, 0) is 18.4 Å². The minimum absolute atomic E-state index is 0.0463. The summed E-state index contributed by atoms with van der Waals surface area (Å²) in [7, 11) is 0. The van der Waals surface area contributed by atoms with E-state index >= 15 is 0 Å². The van der Waals surface area contributed by atoms with Gasteiger partial charge in [-0.05, 0) is 18.8 Å². The number of anilines is 1. The van der Waals surface area contributed by atoms with Crippen molar-refractivity contribution in [1.29, 1.82) is 0 Å². The van der Waals surface area contributed by atoms with E-state index in [9.17, 15) is 0 Å². The van der Waals surface area contributed by atoms with Gasteiger partial charge in [0, 0.05) is 12.0 Å². The van der Waals surface area contributed by atoms with Crippen LogP contribution < -0.4 is 5.73 Å². The Balaban J connectivity index is 2.94. The molecule has 0 aliphatic rings. The van der Waals surface area contributed by atoms with E-state index in [1.807, 2.05) is 0 Å². The van der Waals surface area contributed by atoms with Crippen molar-refractivity contribution in [2.24, 2.45) is 5.92 Å². The molecule has 0 unspecified atom stereocenters. The zero-order chi connectivity index (χ0) is 15.3. The van der Waals surface area contributed by atoms with Gasteiger partial charge in [-0.1, -0.05) is 60.8 Å². The Kier molecular flexibility index (Phi) is 6.09. The van der Waals surface area contributed by atoms with Crippen LogP contribution in [0.15, 0.2) is 0 Å². The SMILES string of the molecule is CCCCCCc1nc(C(C)(C)C)n(CC(C)C)c1N. The first-order valence-corrected chi connectivity index (χ1v) is 8.12. The molecule has 1 heterocycles. The summed E-state index contributed by atoms with van der Waals surface area (Å²) in [5.74, 6) is 2.61. The Bertz CT molecular complexity index is 411. The number of nitrogen functional groups attached to an aromatic ring is 1. The summed E-state index contributed by atoms with van der Waals surface area (Å²) in [5.41, 5.74) is 7.51. The zero-order valence-corrected chi connectivity index (χ0v) is 14.3. The second-order valence-corrected chi connectivity index (χ2v) is 7.33. The van der Waals surface area contributed by atoms with Crippen LogP contribution in [0.25, 0.3) is 0 Å². The first-order chi connectivity index (χ1) is 9.27. The number of aromatic nitrogens is 2. The van der Waals surface area contributed by atoms with E-state index in [0.29, 0.717) is 5.92 Å². The Morgan fingerprint density at radius 1 is 1.15 bits per heavy atom. The van der Waals surface area contributed by atoms with Crippen LogP contribution in [0.4, 0.5) is 5.82 Å². The lowest BCUT2D eigenvalue weighted by Crippen LogP contribution is -2.21. The maximum Gasteiger partial charge on any atom is 0.126 e. The first-order valence-electron chi connectivity index (χ1n) is 8.12. The maximum absolute atomic E-state index is 6.36. The van der Waals surface area contributed by atoms with E-state index < -0.39 is 0 Å². The van der Waals surface area contributed by atoms with Gasteiger partial charge in [-0.15, -0.1) is 0 Å². The molecule has 0 fully saturated rings. The van der Waals surface area contributed by atoms with Gasteiger partial charge in [0.05, 0.1) is 5.69 Å². The van der Waals surface area contributed by atoms with Crippen LogP contribution in [-0.4, -0.2) is 9.55 Å². The van der Waals surface area contributed by atoms with E-state index in [4.69, 9.17) is 10.7 Å². The van der Waals surface area contributed by atoms with Gasteiger partial charge >= 0.3 is 0 Å². The molecule has 0 amide bonds. The van der Waals surface area contributed by atoms with Gasteiger partial charge in [0.15, 0.2) is 0 Å². The van der Waals surface area contributed by atoms with Gasteiger partial charge in [0.2, 0.25) is 0 Å². The smallest absolute Gasteiger partial charge is 0.126 e. The molecule has 0 aliphatic carbocycles. The predicted octanol–water partition coefficient (Wildman–Crippen LogP) is 4.54. The molecule has 0 spiro atoms. The van der Waals surface area contributed by atoms with Crippen LogP contribution >= 0.6 is 0 Å². The Labute approximate surface area is 125 Å². The summed E-state index contributed by atoms with van der Waals surface area (Å²) in [6.45, 7) is 14.3. The van der Waals surface area contributed by atoms with E-state index in [0.717, 1.165) is 30.3 Å². The normalized spacial score (nSPS) is 12.3. The van der Waals surface area contributed by atoms with Crippen molar-refractivity contribution >= 4 is 5.82 Å². The number of nitrogens with zero attached hydrogens (tertiary/aromatic N) is 2. The second-order valence-electron chi connectivity index (χ2n) is 7.33. The molecule has 0 saturated carbocycles. The largest absolute Gasteiger partial charge is 0.384 e. The highest BCUT2D eigenvalue weighted by atomic mass is 15.2. The van der Waals surface area contributed by atoms with Crippen LogP contribution in [0, 0.1) is 5.92 Å². The van der Waals surface area contributed by atoms with Crippen molar-refractivity contribution in [2.75, 3.05) is 5.73 Å². The second kappa shape index (κ2) is 7.14. The van der Waals surface area contributed by atoms with Crippen molar-refractivity contribution < 1.29 is 0 Å². The molecule has 2 N–H and O–H groups in total. The molecule has 0 aliphatic heterocycles. The van der Waals surface area contributed by atoms with Crippen LogP contribution in [0.5, 0.6) is 0 Å². The zero-order valence-electron chi connectivity index (χ0n) is 14.3. The number of unbranched alkanes of at least 4 members (excludes halogenated alkanes) is 3. The molecule has 116 valence electrons. The van der Waals surface area contributed by atoms with Gasteiger partial charge in [0.1, 0.15) is 11.6 Å². The van der Waals surface area contributed by atoms with Crippen molar-refractivity contribution in [3.05, 3.63) is 11.5 Å². The molecule has 1 aromatic rings. The number of hydrogen-bond acceptors (Lipinski definition) is 2. The first kappa shape index (κ1) is 17.1. The average molecular weight is 279 g/mol. The molecule has 1 aromatic heterocycles. The molecule has 20 heavy (non-hydrogen) atoms. The fourth-order valence-electron chi connectivity index (χ4n) is 2.54. The number of imidazole rings is 1. The summed E-state index contributed by atoms with van der Waals surface area (Å²) in [5, 5.41) is 0. The summed E-state index contributed by atoms with van der Waals surface area (Å²) in [6, 6.07) is 0. The molecule has 3 nitrogen and oxygen atoms in total. The highest BCUT2D eigenvalue weighted by molar-refractivity contribution is 5.40. The third-order valence-electron chi connectivity index (χ3n) is 3.57. The van der Waals surface area contributed by atoms with Gasteiger partial charge in [-0.2, -0.15) is 0 Å². The van der Waals surface area contributed by atoms with Gasteiger partial charge in [0.25, 0.3) is 0 Å². The van der Waals surface area contributed by atoms with Crippen LogP contribution in [0.3, 0.4) is 0 Å². The van der Waals surface area contributed by atoms with E-state index in [1.54, 1.807) is 0 Å². The Hall–Kier alpha value is -0.990. The molecule has 0 atom stereocenters. The fourth-order valence-corrected chi connectivity index (χ4v) is 2.54. The third kappa shape index (κ3) is 4.53. The lowest BCUT2D eigenvalue weighted by molar-refractivity contribution is 0.454. The van der Waals surface area contributed by atoms with E-state index in [1.165, 1.54) is 25.7 Å². The van der Waals surface area contributed by atoms with Gasteiger partial charge in [-0.3, -0.25) is 0 Å². The van der Waals surface area contributed by atoms with Crippen molar-refractivity contribution in [2.45, 2.75) is 85.6 Å². The molecular weight excluding hydrogens is 246 g/mol. The number of aryl methyl sites for hydroxylation is 1. The highest BCUT2D eigenvalue weighted by Gasteiger charge is 2.24. The molecule has 1 rings (SSSR count).